The zero-order valence-corrected chi connectivity index (χ0v) is 12.8. The highest BCUT2D eigenvalue weighted by atomic mass is 79.9. The molecule has 0 aliphatic carbocycles. The first-order valence-electron chi connectivity index (χ1n) is 6.85. The number of carbonyl (C=O) groups excluding carboxylic acids is 1. The van der Waals surface area contributed by atoms with E-state index < -0.39 is 0 Å². The summed E-state index contributed by atoms with van der Waals surface area (Å²) in [4.78, 5) is 14.5. The van der Waals surface area contributed by atoms with Gasteiger partial charge in [0, 0.05) is 35.2 Å². The van der Waals surface area contributed by atoms with E-state index in [0.29, 0.717) is 6.42 Å². The summed E-state index contributed by atoms with van der Waals surface area (Å²) in [6, 6.07) is 16.4. The number of nitrogens with zero attached hydrogens (tertiary/aromatic N) is 1. The normalized spacial score (nSPS) is 14.8. The molecule has 20 heavy (non-hydrogen) atoms. The molecule has 2 aromatic rings. The Morgan fingerprint density at radius 2 is 1.90 bits per heavy atom. The standard InChI is InChI=1S/C17H16BrNO/c18-14-8-9-16-15(11-14)17(20)7-4-10-19(16)12-13-5-2-1-3-6-13/h1-3,5-6,8-9,11H,4,7,10,12H2. The van der Waals surface area contributed by atoms with Crippen LogP contribution in [-0.2, 0) is 6.54 Å². The first-order valence-corrected chi connectivity index (χ1v) is 7.65. The molecule has 0 fully saturated rings. The van der Waals surface area contributed by atoms with Crippen molar-refractivity contribution >= 4 is 27.4 Å². The van der Waals surface area contributed by atoms with Crippen LogP contribution in [0.4, 0.5) is 5.69 Å². The molecule has 102 valence electrons. The zero-order valence-electron chi connectivity index (χ0n) is 11.2. The van der Waals surface area contributed by atoms with Crippen molar-refractivity contribution in [2.45, 2.75) is 19.4 Å². The monoisotopic (exact) mass is 329 g/mol. The highest BCUT2D eigenvalue weighted by Gasteiger charge is 2.21. The summed E-state index contributed by atoms with van der Waals surface area (Å²) in [6.45, 7) is 1.78. The van der Waals surface area contributed by atoms with Crippen LogP contribution in [0.15, 0.2) is 53.0 Å². The molecule has 0 N–H and O–H groups in total. The van der Waals surface area contributed by atoms with Crippen LogP contribution in [0.2, 0.25) is 0 Å². The molecule has 0 spiro atoms. The van der Waals surface area contributed by atoms with Crippen molar-refractivity contribution in [1.29, 1.82) is 0 Å². The van der Waals surface area contributed by atoms with E-state index in [1.54, 1.807) is 0 Å². The lowest BCUT2D eigenvalue weighted by Gasteiger charge is -2.24. The topological polar surface area (TPSA) is 20.3 Å². The molecule has 3 rings (SSSR count). The van der Waals surface area contributed by atoms with Gasteiger partial charge in [0.05, 0.1) is 0 Å². The molecule has 0 saturated carbocycles. The van der Waals surface area contributed by atoms with Crippen molar-refractivity contribution in [3.63, 3.8) is 0 Å². The molecular weight excluding hydrogens is 314 g/mol. The minimum atomic E-state index is 0.247. The van der Waals surface area contributed by atoms with Crippen molar-refractivity contribution in [1.82, 2.24) is 0 Å². The molecule has 0 bridgehead atoms. The van der Waals surface area contributed by atoms with Gasteiger partial charge in [0.15, 0.2) is 5.78 Å². The number of hydrogen-bond donors (Lipinski definition) is 0. The maximum Gasteiger partial charge on any atom is 0.165 e. The van der Waals surface area contributed by atoms with Gasteiger partial charge in [-0.25, -0.2) is 0 Å². The smallest absolute Gasteiger partial charge is 0.165 e. The highest BCUT2D eigenvalue weighted by Crippen LogP contribution is 2.30. The third-order valence-electron chi connectivity index (χ3n) is 3.65. The van der Waals surface area contributed by atoms with Gasteiger partial charge in [-0.3, -0.25) is 4.79 Å². The molecule has 0 atom stereocenters. The number of rotatable bonds is 2. The van der Waals surface area contributed by atoms with Gasteiger partial charge in [-0.15, -0.1) is 0 Å². The van der Waals surface area contributed by atoms with Crippen LogP contribution in [0.3, 0.4) is 0 Å². The third kappa shape index (κ3) is 2.78. The Kier molecular flexibility index (Phi) is 3.88. The van der Waals surface area contributed by atoms with Crippen LogP contribution >= 0.6 is 15.9 Å². The SMILES string of the molecule is O=C1CCCN(Cc2ccccc2)c2ccc(Br)cc21. The summed E-state index contributed by atoms with van der Waals surface area (Å²) in [6.07, 6.45) is 1.55. The number of hydrogen-bond acceptors (Lipinski definition) is 2. The summed E-state index contributed by atoms with van der Waals surface area (Å²) >= 11 is 3.46. The van der Waals surface area contributed by atoms with Gasteiger partial charge in [-0.2, -0.15) is 0 Å². The van der Waals surface area contributed by atoms with Gasteiger partial charge < -0.3 is 4.90 Å². The summed E-state index contributed by atoms with van der Waals surface area (Å²) in [7, 11) is 0. The lowest BCUT2D eigenvalue weighted by molar-refractivity contribution is 0.0983. The van der Waals surface area contributed by atoms with E-state index in [1.807, 2.05) is 24.3 Å². The van der Waals surface area contributed by atoms with Gasteiger partial charge in [0.1, 0.15) is 0 Å². The van der Waals surface area contributed by atoms with Crippen LogP contribution < -0.4 is 4.90 Å². The molecule has 1 aliphatic rings. The molecule has 2 aromatic carbocycles. The molecule has 0 unspecified atom stereocenters. The number of Topliss-reactive ketones (excluding diaryl/α,β-unsaturated/α-hetero) is 1. The first kappa shape index (κ1) is 13.4. The summed E-state index contributed by atoms with van der Waals surface area (Å²) in [5, 5.41) is 0. The maximum absolute atomic E-state index is 12.2. The Morgan fingerprint density at radius 1 is 1.10 bits per heavy atom. The van der Waals surface area contributed by atoms with Gasteiger partial charge >= 0.3 is 0 Å². The maximum atomic E-state index is 12.2. The van der Waals surface area contributed by atoms with Gasteiger partial charge in [-0.1, -0.05) is 46.3 Å². The number of halogens is 1. The van der Waals surface area contributed by atoms with Crippen molar-refractivity contribution in [3.05, 3.63) is 64.1 Å². The predicted octanol–water partition coefficient (Wildman–Crippen LogP) is 4.43. The number of carbonyl (C=O) groups is 1. The largest absolute Gasteiger partial charge is 0.367 e. The van der Waals surface area contributed by atoms with Crippen LogP contribution in [0.1, 0.15) is 28.8 Å². The second-order valence-corrected chi connectivity index (χ2v) is 6.01. The Labute approximate surface area is 127 Å². The predicted molar refractivity (Wildman–Crippen MR) is 85.2 cm³/mol. The lowest BCUT2D eigenvalue weighted by Crippen LogP contribution is -2.23. The van der Waals surface area contributed by atoms with Gasteiger partial charge in [0.25, 0.3) is 0 Å². The average molecular weight is 330 g/mol. The molecule has 3 heteroatoms. The van der Waals surface area contributed by atoms with Crippen molar-refractivity contribution in [2.75, 3.05) is 11.4 Å². The lowest BCUT2D eigenvalue weighted by atomic mass is 10.1. The van der Waals surface area contributed by atoms with Crippen LogP contribution in [0.5, 0.6) is 0 Å². The van der Waals surface area contributed by atoms with Crippen LogP contribution in [-0.4, -0.2) is 12.3 Å². The highest BCUT2D eigenvalue weighted by molar-refractivity contribution is 9.10. The fraction of sp³-hybridized carbons (Fsp3) is 0.235. The quantitative estimate of drug-likeness (QED) is 0.812. The third-order valence-corrected chi connectivity index (χ3v) is 4.14. The van der Waals surface area contributed by atoms with E-state index >= 15 is 0 Å². The van der Waals surface area contributed by atoms with E-state index in [4.69, 9.17) is 0 Å². The number of fused-ring (bicyclic) bond motifs is 1. The van der Waals surface area contributed by atoms with E-state index in [2.05, 4.69) is 45.1 Å². The summed E-state index contributed by atoms with van der Waals surface area (Å²) in [5.74, 6) is 0.247. The number of benzene rings is 2. The second-order valence-electron chi connectivity index (χ2n) is 5.10. The summed E-state index contributed by atoms with van der Waals surface area (Å²) < 4.78 is 0.964. The second kappa shape index (κ2) is 5.80. The minimum absolute atomic E-state index is 0.247. The Balaban J connectivity index is 1.96. The van der Waals surface area contributed by atoms with Crippen LogP contribution in [0, 0.1) is 0 Å². The number of ketones is 1. The zero-order chi connectivity index (χ0) is 13.9. The molecule has 0 aromatic heterocycles. The van der Waals surface area contributed by atoms with Crippen LogP contribution in [0.25, 0.3) is 0 Å². The Hall–Kier alpha value is -1.61. The van der Waals surface area contributed by atoms with E-state index in [0.717, 1.165) is 35.2 Å². The fourth-order valence-corrected chi connectivity index (χ4v) is 3.02. The van der Waals surface area contributed by atoms with Gasteiger partial charge in [0.2, 0.25) is 0 Å². The molecule has 2 nitrogen and oxygen atoms in total. The van der Waals surface area contributed by atoms with E-state index in [9.17, 15) is 4.79 Å². The molecule has 1 heterocycles. The molecule has 0 amide bonds. The molecule has 0 radical (unpaired) electrons. The first-order chi connectivity index (χ1) is 9.74. The van der Waals surface area contributed by atoms with Crippen molar-refractivity contribution < 1.29 is 4.79 Å². The molecule has 1 aliphatic heterocycles. The van der Waals surface area contributed by atoms with E-state index in [-0.39, 0.29) is 5.78 Å². The van der Waals surface area contributed by atoms with Crippen molar-refractivity contribution in [2.24, 2.45) is 0 Å². The fourth-order valence-electron chi connectivity index (χ4n) is 2.66. The van der Waals surface area contributed by atoms with Gasteiger partial charge in [-0.05, 0) is 30.2 Å². The minimum Gasteiger partial charge on any atom is -0.367 e. The Bertz CT molecular complexity index is 624. The molecule has 0 saturated heterocycles. The van der Waals surface area contributed by atoms with Crippen molar-refractivity contribution in [3.8, 4) is 0 Å². The van der Waals surface area contributed by atoms with E-state index in [1.165, 1.54) is 5.56 Å². The molecular formula is C17H16BrNO. The average Bonchev–Trinajstić information content (AvgIpc) is 2.60. The Morgan fingerprint density at radius 3 is 2.70 bits per heavy atom. The number of anilines is 1. The summed E-state index contributed by atoms with van der Waals surface area (Å²) in [5.41, 5.74) is 3.17.